The molecule has 18 heavy (non-hydrogen) atoms. The lowest BCUT2D eigenvalue weighted by atomic mass is 10.2. The number of carbonyl (C=O) groups excluding carboxylic acids is 1. The van der Waals surface area contributed by atoms with Gasteiger partial charge in [0.1, 0.15) is 0 Å². The Bertz CT molecular complexity index is 672. The van der Waals surface area contributed by atoms with Crippen molar-refractivity contribution in [2.24, 2.45) is 0 Å². The molecule has 0 atom stereocenters. The minimum absolute atomic E-state index is 0.0809. The van der Waals surface area contributed by atoms with E-state index >= 15 is 0 Å². The van der Waals surface area contributed by atoms with E-state index in [1.807, 2.05) is 18.2 Å². The van der Waals surface area contributed by atoms with E-state index in [1.165, 1.54) is 0 Å². The highest BCUT2D eigenvalue weighted by Gasteiger charge is 2.08. The van der Waals surface area contributed by atoms with E-state index in [0.29, 0.717) is 11.5 Å². The minimum Gasteiger partial charge on any atom is -0.326 e. The molecular formula is C10H9N7O. The fourth-order valence-electron chi connectivity index (χ4n) is 1.62. The van der Waals surface area contributed by atoms with Gasteiger partial charge in [-0.3, -0.25) is 9.89 Å². The third kappa shape index (κ3) is 2.03. The Hall–Kier alpha value is -2.77. The second kappa shape index (κ2) is 4.24. The lowest BCUT2D eigenvalue weighted by molar-refractivity contribution is -0.115. The van der Waals surface area contributed by atoms with Crippen molar-refractivity contribution in [2.75, 3.05) is 5.32 Å². The number of nitrogens with zero attached hydrogens (tertiary/aromatic N) is 4. The smallest absolute Gasteiger partial charge is 0.232 e. The number of fused-ring (bicyclic) bond motifs is 1. The van der Waals surface area contributed by atoms with Crippen LogP contribution in [0.5, 0.6) is 0 Å². The molecule has 0 fully saturated rings. The molecule has 8 nitrogen and oxygen atoms in total. The van der Waals surface area contributed by atoms with Crippen LogP contribution in [-0.2, 0) is 11.2 Å². The summed E-state index contributed by atoms with van der Waals surface area (Å²) >= 11 is 0. The molecule has 2 heterocycles. The fraction of sp³-hybridized carbons (Fsp3) is 0.100. The zero-order chi connectivity index (χ0) is 12.4. The van der Waals surface area contributed by atoms with E-state index in [2.05, 4.69) is 36.1 Å². The first kappa shape index (κ1) is 10.4. The maximum Gasteiger partial charge on any atom is 0.232 e. The van der Waals surface area contributed by atoms with Gasteiger partial charge in [0.25, 0.3) is 0 Å². The lowest BCUT2D eigenvalue weighted by Crippen LogP contribution is -2.15. The molecule has 3 aromatic rings. The molecule has 0 aliphatic rings. The number of aromatic amines is 2. The molecule has 3 rings (SSSR count). The van der Waals surface area contributed by atoms with Gasteiger partial charge in [0.05, 0.1) is 18.1 Å². The van der Waals surface area contributed by atoms with Crippen molar-refractivity contribution in [1.82, 2.24) is 30.8 Å². The normalized spacial score (nSPS) is 10.7. The molecule has 0 radical (unpaired) electrons. The number of hydrogen-bond donors (Lipinski definition) is 3. The van der Waals surface area contributed by atoms with Gasteiger partial charge in [-0.25, -0.2) is 0 Å². The van der Waals surface area contributed by atoms with Crippen LogP contribution in [0.2, 0.25) is 0 Å². The molecule has 8 heteroatoms. The number of aromatic nitrogens is 6. The van der Waals surface area contributed by atoms with Gasteiger partial charge < -0.3 is 5.32 Å². The molecule has 90 valence electrons. The van der Waals surface area contributed by atoms with Crippen LogP contribution in [0.1, 0.15) is 5.82 Å². The lowest BCUT2D eigenvalue weighted by Gasteiger charge is -2.03. The van der Waals surface area contributed by atoms with Gasteiger partial charge in [-0.1, -0.05) is 5.21 Å². The van der Waals surface area contributed by atoms with Crippen LogP contribution in [0.15, 0.2) is 24.4 Å². The number of carbonyl (C=O) groups is 1. The predicted octanol–water partition coefficient (Wildman–Crippen LogP) is 0.257. The van der Waals surface area contributed by atoms with E-state index < -0.39 is 0 Å². The highest BCUT2D eigenvalue weighted by molar-refractivity contribution is 5.94. The second-order valence-electron chi connectivity index (χ2n) is 3.73. The first-order chi connectivity index (χ1) is 8.81. The first-order valence-corrected chi connectivity index (χ1v) is 5.26. The Morgan fingerprint density at radius 2 is 2.33 bits per heavy atom. The Morgan fingerprint density at radius 3 is 3.17 bits per heavy atom. The summed E-state index contributed by atoms with van der Waals surface area (Å²) in [7, 11) is 0. The highest BCUT2D eigenvalue weighted by atomic mass is 16.1. The van der Waals surface area contributed by atoms with Crippen LogP contribution in [-0.4, -0.2) is 36.7 Å². The van der Waals surface area contributed by atoms with Crippen molar-refractivity contribution in [3.05, 3.63) is 30.2 Å². The van der Waals surface area contributed by atoms with Crippen molar-refractivity contribution in [1.29, 1.82) is 0 Å². The topological polar surface area (TPSA) is 112 Å². The average molecular weight is 243 g/mol. The van der Waals surface area contributed by atoms with Crippen molar-refractivity contribution >= 4 is 22.5 Å². The number of amides is 1. The summed E-state index contributed by atoms with van der Waals surface area (Å²) in [6.07, 6.45) is 1.80. The third-order valence-electron chi connectivity index (χ3n) is 2.43. The van der Waals surface area contributed by atoms with Crippen molar-refractivity contribution < 1.29 is 4.79 Å². The fourth-order valence-corrected chi connectivity index (χ4v) is 1.62. The Labute approximate surface area is 101 Å². The summed E-state index contributed by atoms with van der Waals surface area (Å²) in [6.45, 7) is 0. The largest absolute Gasteiger partial charge is 0.326 e. The Morgan fingerprint density at radius 1 is 1.39 bits per heavy atom. The van der Waals surface area contributed by atoms with Crippen LogP contribution in [0, 0.1) is 0 Å². The van der Waals surface area contributed by atoms with Gasteiger partial charge in [-0.05, 0) is 18.2 Å². The van der Waals surface area contributed by atoms with Crippen LogP contribution in [0.25, 0.3) is 10.9 Å². The number of nitrogens with one attached hydrogen (secondary N) is 3. The number of tetrazole rings is 1. The number of rotatable bonds is 3. The Balaban J connectivity index is 1.73. The molecule has 0 saturated carbocycles. The number of anilines is 1. The molecule has 0 bridgehead atoms. The first-order valence-electron chi connectivity index (χ1n) is 5.26. The van der Waals surface area contributed by atoms with E-state index in [-0.39, 0.29) is 12.3 Å². The van der Waals surface area contributed by atoms with E-state index in [1.54, 1.807) is 6.20 Å². The van der Waals surface area contributed by atoms with Crippen LogP contribution >= 0.6 is 0 Å². The summed E-state index contributed by atoms with van der Waals surface area (Å²) < 4.78 is 0. The standard InChI is InChI=1S/C10H9N7O/c18-10(4-9-14-16-17-15-9)12-7-2-1-6-5-11-13-8(6)3-7/h1-3,5H,4H2,(H,11,13)(H,12,18)(H,14,15,16,17). The molecular weight excluding hydrogens is 234 g/mol. The molecule has 0 spiro atoms. The average Bonchev–Trinajstić information content (AvgIpc) is 2.98. The maximum absolute atomic E-state index is 11.7. The van der Waals surface area contributed by atoms with Crippen molar-refractivity contribution in [3.63, 3.8) is 0 Å². The van der Waals surface area contributed by atoms with Crippen LogP contribution in [0.4, 0.5) is 5.69 Å². The summed E-state index contributed by atoms with van der Waals surface area (Å²) in [5.41, 5.74) is 1.56. The van der Waals surface area contributed by atoms with E-state index in [4.69, 9.17) is 0 Å². The molecule has 0 saturated heterocycles. The maximum atomic E-state index is 11.7. The Kier molecular flexibility index (Phi) is 2.45. The number of benzene rings is 1. The zero-order valence-corrected chi connectivity index (χ0v) is 9.21. The van der Waals surface area contributed by atoms with E-state index in [0.717, 1.165) is 10.9 Å². The van der Waals surface area contributed by atoms with Crippen molar-refractivity contribution in [3.8, 4) is 0 Å². The molecule has 0 aliphatic carbocycles. The molecule has 0 unspecified atom stereocenters. The molecule has 1 aromatic carbocycles. The SMILES string of the molecule is O=C(Cc1nn[nH]n1)Nc1ccc2cn[nH]c2c1. The summed E-state index contributed by atoms with van der Waals surface area (Å²) in [5.74, 6) is 0.158. The quantitative estimate of drug-likeness (QED) is 0.610. The van der Waals surface area contributed by atoms with E-state index in [9.17, 15) is 4.79 Å². The molecule has 0 aliphatic heterocycles. The van der Waals surface area contributed by atoms with Gasteiger partial charge in [0.2, 0.25) is 5.91 Å². The second-order valence-corrected chi connectivity index (χ2v) is 3.73. The monoisotopic (exact) mass is 243 g/mol. The van der Waals surface area contributed by atoms with Crippen LogP contribution < -0.4 is 5.32 Å². The van der Waals surface area contributed by atoms with Gasteiger partial charge in [-0.2, -0.15) is 10.3 Å². The number of hydrogen-bond acceptors (Lipinski definition) is 5. The van der Waals surface area contributed by atoms with Gasteiger partial charge in [0, 0.05) is 11.1 Å². The van der Waals surface area contributed by atoms with Crippen LogP contribution in [0.3, 0.4) is 0 Å². The summed E-state index contributed by atoms with van der Waals surface area (Å²) in [5, 5.41) is 23.6. The zero-order valence-electron chi connectivity index (χ0n) is 9.21. The van der Waals surface area contributed by atoms with Gasteiger partial charge >= 0.3 is 0 Å². The third-order valence-corrected chi connectivity index (χ3v) is 2.43. The van der Waals surface area contributed by atoms with Crippen molar-refractivity contribution in [2.45, 2.75) is 6.42 Å². The summed E-state index contributed by atoms with van der Waals surface area (Å²) in [4.78, 5) is 11.7. The minimum atomic E-state index is -0.199. The molecule has 1 amide bonds. The predicted molar refractivity (Wildman–Crippen MR) is 62.6 cm³/mol. The molecule has 2 aromatic heterocycles. The number of H-pyrrole nitrogens is 2. The molecule has 3 N–H and O–H groups in total. The van der Waals surface area contributed by atoms with Gasteiger partial charge in [0.15, 0.2) is 5.82 Å². The van der Waals surface area contributed by atoms with Gasteiger partial charge in [-0.15, -0.1) is 10.2 Å². The summed E-state index contributed by atoms with van der Waals surface area (Å²) in [6, 6.07) is 5.51. The highest BCUT2D eigenvalue weighted by Crippen LogP contribution is 2.16.